The van der Waals surface area contributed by atoms with Gasteiger partial charge >= 0.3 is 0 Å². The molecule has 1 saturated heterocycles. The first-order valence-corrected chi connectivity index (χ1v) is 6.89. The molecule has 0 aromatic heterocycles. The highest BCUT2D eigenvalue weighted by Crippen LogP contribution is 2.44. The average Bonchev–Trinajstić information content (AvgIpc) is 3.00. The predicted molar refractivity (Wildman–Crippen MR) is 65.3 cm³/mol. The van der Waals surface area contributed by atoms with Crippen molar-refractivity contribution in [2.75, 3.05) is 13.2 Å². The highest BCUT2D eigenvalue weighted by molar-refractivity contribution is 5.80. The van der Waals surface area contributed by atoms with Gasteiger partial charge in [-0.1, -0.05) is 12.2 Å². The van der Waals surface area contributed by atoms with Gasteiger partial charge in [-0.25, -0.2) is 0 Å². The molecule has 17 heavy (non-hydrogen) atoms. The number of nitrogens with zero attached hydrogens (tertiary/aromatic N) is 1. The molecule has 2 aliphatic carbocycles. The monoisotopic (exact) mass is 235 g/mol. The van der Waals surface area contributed by atoms with Crippen molar-refractivity contribution in [2.45, 2.75) is 38.1 Å². The number of likely N-dealkylation sites (tertiary alicyclic amines) is 1. The van der Waals surface area contributed by atoms with E-state index in [1.807, 2.05) is 4.90 Å². The second-order valence-electron chi connectivity index (χ2n) is 5.75. The number of hydrogen-bond acceptors (Lipinski definition) is 2. The van der Waals surface area contributed by atoms with Crippen LogP contribution in [0.2, 0.25) is 0 Å². The van der Waals surface area contributed by atoms with Gasteiger partial charge in [0.05, 0.1) is 12.6 Å². The molecule has 4 unspecified atom stereocenters. The van der Waals surface area contributed by atoms with Crippen LogP contribution >= 0.6 is 0 Å². The quantitative estimate of drug-likeness (QED) is 0.738. The zero-order valence-electron chi connectivity index (χ0n) is 10.2. The normalized spacial score (nSPS) is 39.9. The lowest BCUT2D eigenvalue weighted by Crippen LogP contribution is -2.48. The van der Waals surface area contributed by atoms with E-state index in [0.29, 0.717) is 17.7 Å². The summed E-state index contributed by atoms with van der Waals surface area (Å²) >= 11 is 0. The molecule has 3 heteroatoms. The van der Waals surface area contributed by atoms with Crippen molar-refractivity contribution in [1.29, 1.82) is 0 Å². The van der Waals surface area contributed by atoms with Gasteiger partial charge in [0, 0.05) is 12.5 Å². The SMILES string of the molecule is O=C(C1CC2C=CC1C2)N1CCCCC1CO. The van der Waals surface area contributed by atoms with Gasteiger partial charge in [0.25, 0.3) is 0 Å². The molecule has 1 amide bonds. The van der Waals surface area contributed by atoms with Crippen LogP contribution in [-0.4, -0.2) is 35.1 Å². The van der Waals surface area contributed by atoms with Crippen molar-refractivity contribution in [3.05, 3.63) is 12.2 Å². The summed E-state index contributed by atoms with van der Waals surface area (Å²) in [5.41, 5.74) is 0. The number of fused-ring (bicyclic) bond motifs is 2. The van der Waals surface area contributed by atoms with E-state index in [0.717, 1.165) is 32.2 Å². The number of hydrogen-bond donors (Lipinski definition) is 1. The highest BCUT2D eigenvalue weighted by atomic mass is 16.3. The lowest BCUT2D eigenvalue weighted by molar-refractivity contribution is -0.141. The molecule has 3 rings (SSSR count). The van der Waals surface area contributed by atoms with E-state index in [-0.39, 0.29) is 18.6 Å². The summed E-state index contributed by atoms with van der Waals surface area (Å²) in [7, 11) is 0. The number of carbonyl (C=O) groups is 1. The third-order valence-corrected chi connectivity index (χ3v) is 4.72. The minimum atomic E-state index is 0.0827. The summed E-state index contributed by atoms with van der Waals surface area (Å²) < 4.78 is 0. The second kappa shape index (κ2) is 4.45. The molecular weight excluding hydrogens is 214 g/mol. The van der Waals surface area contributed by atoms with Crippen LogP contribution in [0.4, 0.5) is 0 Å². The Morgan fingerprint density at radius 1 is 1.29 bits per heavy atom. The summed E-state index contributed by atoms with van der Waals surface area (Å²) in [6.45, 7) is 0.976. The van der Waals surface area contributed by atoms with Crippen molar-refractivity contribution in [3.8, 4) is 0 Å². The maximum Gasteiger partial charge on any atom is 0.226 e. The summed E-state index contributed by atoms with van der Waals surface area (Å²) in [5, 5.41) is 9.38. The van der Waals surface area contributed by atoms with E-state index < -0.39 is 0 Å². The molecule has 2 bridgehead atoms. The van der Waals surface area contributed by atoms with E-state index >= 15 is 0 Å². The number of rotatable bonds is 2. The lowest BCUT2D eigenvalue weighted by Gasteiger charge is -2.37. The number of amides is 1. The van der Waals surface area contributed by atoms with Gasteiger partial charge < -0.3 is 10.0 Å². The molecule has 3 aliphatic rings. The molecule has 1 heterocycles. The second-order valence-corrected chi connectivity index (χ2v) is 5.75. The van der Waals surface area contributed by atoms with Crippen LogP contribution in [0.3, 0.4) is 0 Å². The first kappa shape index (κ1) is 11.3. The minimum absolute atomic E-state index is 0.0827. The number of carbonyl (C=O) groups excluding carboxylic acids is 1. The van der Waals surface area contributed by atoms with E-state index in [1.54, 1.807) is 0 Å². The van der Waals surface area contributed by atoms with Gasteiger partial charge in [0.1, 0.15) is 0 Å². The van der Waals surface area contributed by atoms with Gasteiger partial charge in [0.15, 0.2) is 0 Å². The van der Waals surface area contributed by atoms with Crippen LogP contribution in [-0.2, 0) is 4.79 Å². The predicted octanol–water partition coefficient (Wildman–Crippen LogP) is 1.57. The summed E-state index contributed by atoms with van der Waals surface area (Å²) in [6, 6.07) is 0.0827. The first-order valence-electron chi connectivity index (χ1n) is 6.89. The van der Waals surface area contributed by atoms with Crippen molar-refractivity contribution < 1.29 is 9.90 Å². The van der Waals surface area contributed by atoms with Crippen LogP contribution in [0.15, 0.2) is 12.2 Å². The van der Waals surface area contributed by atoms with Crippen LogP contribution < -0.4 is 0 Å². The largest absolute Gasteiger partial charge is 0.394 e. The summed E-state index contributed by atoms with van der Waals surface area (Å²) in [6.07, 6.45) is 9.93. The Bertz CT molecular complexity index is 339. The van der Waals surface area contributed by atoms with Crippen LogP contribution in [0.25, 0.3) is 0 Å². The van der Waals surface area contributed by atoms with E-state index in [1.165, 1.54) is 6.42 Å². The maximum atomic E-state index is 12.5. The highest BCUT2D eigenvalue weighted by Gasteiger charge is 2.42. The van der Waals surface area contributed by atoms with Gasteiger partial charge in [-0.3, -0.25) is 4.79 Å². The fourth-order valence-electron chi connectivity index (χ4n) is 3.76. The van der Waals surface area contributed by atoms with Crippen molar-refractivity contribution >= 4 is 5.91 Å². The Labute approximate surface area is 102 Å². The molecule has 0 radical (unpaired) electrons. The number of aliphatic hydroxyl groups excluding tert-OH is 1. The van der Waals surface area contributed by atoms with Gasteiger partial charge in [0.2, 0.25) is 5.91 Å². The van der Waals surface area contributed by atoms with Crippen molar-refractivity contribution in [3.63, 3.8) is 0 Å². The first-order chi connectivity index (χ1) is 8.29. The minimum Gasteiger partial charge on any atom is -0.394 e. The lowest BCUT2D eigenvalue weighted by atomic mass is 9.90. The summed E-state index contributed by atoms with van der Waals surface area (Å²) in [4.78, 5) is 14.5. The molecule has 1 aliphatic heterocycles. The van der Waals surface area contributed by atoms with Crippen LogP contribution in [0.1, 0.15) is 32.1 Å². The Morgan fingerprint density at radius 2 is 2.18 bits per heavy atom. The Balaban J connectivity index is 1.70. The van der Waals surface area contributed by atoms with Crippen molar-refractivity contribution in [1.82, 2.24) is 4.90 Å². The fourth-order valence-corrected chi connectivity index (χ4v) is 3.76. The van der Waals surface area contributed by atoms with Crippen molar-refractivity contribution in [2.24, 2.45) is 17.8 Å². The Morgan fingerprint density at radius 3 is 2.82 bits per heavy atom. The third kappa shape index (κ3) is 1.90. The Kier molecular flexibility index (Phi) is 2.95. The average molecular weight is 235 g/mol. The zero-order valence-corrected chi connectivity index (χ0v) is 10.2. The van der Waals surface area contributed by atoms with E-state index in [9.17, 15) is 9.90 Å². The Hall–Kier alpha value is -0.830. The number of aliphatic hydroxyl groups is 1. The maximum absolute atomic E-state index is 12.5. The molecule has 1 N–H and O–H groups in total. The molecule has 3 nitrogen and oxygen atoms in total. The molecule has 1 saturated carbocycles. The molecule has 2 fully saturated rings. The van der Waals surface area contributed by atoms with E-state index in [4.69, 9.17) is 0 Å². The molecule has 4 atom stereocenters. The third-order valence-electron chi connectivity index (χ3n) is 4.72. The standard InChI is InChI=1S/C14H21NO2/c16-9-12-3-1-2-6-15(12)14(17)13-8-10-4-5-11(13)7-10/h4-5,10-13,16H,1-3,6-9H2. The molecular formula is C14H21NO2. The fraction of sp³-hybridized carbons (Fsp3) is 0.786. The molecule has 0 aromatic rings. The molecule has 0 spiro atoms. The van der Waals surface area contributed by atoms with Crippen LogP contribution in [0, 0.1) is 17.8 Å². The van der Waals surface area contributed by atoms with Gasteiger partial charge in [-0.2, -0.15) is 0 Å². The number of piperidine rings is 1. The van der Waals surface area contributed by atoms with Crippen LogP contribution in [0.5, 0.6) is 0 Å². The molecule has 0 aromatic carbocycles. The van der Waals surface area contributed by atoms with E-state index in [2.05, 4.69) is 12.2 Å². The smallest absolute Gasteiger partial charge is 0.226 e. The molecule has 94 valence electrons. The van der Waals surface area contributed by atoms with Gasteiger partial charge in [-0.05, 0) is 43.9 Å². The summed E-state index contributed by atoms with van der Waals surface area (Å²) in [5.74, 6) is 1.64. The number of allylic oxidation sites excluding steroid dienone is 2. The topological polar surface area (TPSA) is 40.5 Å². The van der Waals surface area contributed by atoms with Gasteiger partial charge in [-0.15, -0.1) is 0 Å². The zero-order chi connectivity index (χ0) is 11.8.